The number of rotatable bonds is 5. The smallest absolute Gasteiger partial charge is 0.322 e. The first kappa shape index (κ1) is 11.7. The molecule has 1 rings (SSSR count). The van der Waals surface area contributed by atoms with Gasteiger partial charge in [-0.3, -0.25) is 10.1 Å². The predicted octanol–water partition coefficient (Wildman–Crippen LogP) is 1.02. The minimum atomic E-state index is -0.285. The quantitative estimate of drug-likeness (QED) is 0.738. The highest BCUT2D eigenvalue weighted by Gasteiger charge is 2.16. The van der Waals surface area contributed by atoms with E-state index in [0.717, 1.165) is 11.5 Å². The van der Waals surface area contributed by atoms with E-state index in [1.165, 1.54) is 7.11 Å². The van der Waals surface area contributed by atoms with E-state index in [9.17, 15) is 4.79 Å². The molecular weight excluding hydrogens is 196 g/mol. The Morgan fingerprint density at radius 1 is 1.73 bits per heavy atom. The van der Waals surface area contributed by atoms with Crippen LogP contribution in [0.4, 0.5) is 0 Å². The molecule has 0 radical (unpaired) electrons. The van der Waals surface area contributed by atoms with E-state index < -0.39 is 0 Å². The van der Waals surface area contributed by atoms with Gasteiger partial charge in [-0.05, 0) is 13.3 Å². The van der Waals surface area contributed by atoms with Gasteiger partial charge >= 0.3 is 5.97 Å². The highest BCUT2D eigenvalue weighted by atomic mass is 16.5. The van der Waals surface area contributed by atoms with Gasteiger partial charge in [0, 0.05) is 12.6 Å². The highest BCUT2D eigenvalue weighted by molar-refractivity contribution is 5.75. The van der Waals surface area contributed by atoms with Crippen LogP contribution in [-0.4, -0.2) is 24.3 Å². The van der Waals surface area contributed by atoms with E-state index in [4.69, 9.17) is 4.52 Å². The molecule has 1 unspecified atom stereocenters. The number of aryl methyl sites for hydroxylation is 1. The number of esters is 1. The van der Waals surface area contributed by atoms with Crippen molar-refractivity contribution in [3.63, 3.8) is 0 Å². The van der Waals surface area contributed by atoms with Crippen LogP contribution in [-0.2, 0) is 16.1 Å². The van der Waals surface area contributed by atoms with Crippen LogP contribution in [0, 0.1) is 6.92 Å². The molecule has 0 saturated carbocycles. The topological polar surface area (TPSA) is 64.4 Å². The zero-order valence-electron chi connectivity index (χ0n) is 9.24. The van der Waals surface area contributed by atoms with Crippen molar-refractivity contribution in [1.29, 1.82) is 0 Å². The third-order valence-corrected chi connectivity index (χ3v) is 2.10. The maximum atomic E-state index is 11.2. The number of nitrogens with zero attached hydrogens (tertiary/aromatic N) is 1. The molecule has 1 aromatic rings. The minimum absolute atomic E-state index is 0.252. The van der Waals surface area contributed by atoms with Crippen LogP contribution < -0.4 is 5.32 Å². The highest BCUT2D eigenvalue weighted by Crippen LogP contribution is 2.02. The molecule has 1 atom stereocenters. The third kappa shape index (κ3) is 3.36. The monoisotopic (exact) mass is 212 g/mol. The van der Waals surface area contributed by atoms with Gasteiger partial charge < -0.3 is 9.26 Å². The Kier molecular flexibility index (Phi) is 4.30. The van der Waals surface area contributed by atoms with Crippen LogP contribution in [0.3, 0.4) is 0 Å². The Hall–Kier alpha value is -1.36. The van der Waals surface area contributed by atoms with Crippen LogP contribution in [0.25, 0.3) is 0 Å². The summed E-state index contributed by atoms with van der Waals surface area (Å²) in [7, 11) is 1.38. The second kappa shape index (κ2) is 5.50. The second-order valence-electron chi connectivity index (χ2n) is 3.29. The molecule has 15 heavy (non-hydrogen) atoms. The van der Waals surface area contributed by atoms with Crippen molar-refractivity contribution in [2.24, 2.45) is 0 Å². The lowest BCUT2D eigenvalue weighted by Crippen LogP contribution is -2.36. The first-order valence-corrected chi connectivity index (χ1v) is 4.90. The Bertz CT molecular complexity index is 322. The molecule has 84 valence electrons. The lowest BCUT2D eigenvalue weighted by molar-refractivity contribution is -0.143. The second-order valence-corrected chi connectivity index (χ2v) is 3.29. The molecule has 5 heteroatoms. The molecule has 0 bridgehead atoms. The van der Waals surface area contributed by atoms with Crippen molar-refractivity contribution >= 4 is 5.97 Å². The summed E-state index contributed by atoms with van der Waals surface area (Å²) >= 11 is 0. The van der Waals surface area contributed by atoms with Crippen molar-refractivity contribution in [2.45, 2.75) is 32.9 Å². The Balaban J connectivity index is 2.44. The largest absolute Gasteiger partial charge is 0.468 e. The molecule has 0 spiro atoms. The van der Waals surface area contributed by atoms with E-state index in [-0.39, 0.29) is 12.0 Å². The van der Waals surface area contributed by atoms with Gasteiger partial charge in [-0.15, -0.1) is 0 Å². The van der Waals surface area contributed by atoms with Crippen LogP contribution in [0.2, 0.25) is 0 Å². The maximum Gasteiger partial charge on any atom is 0.322 e. The Morgan fingerprint density at radius 3 is 2.93 bits per heavy atom. The summed E-state index contributed by atoms with van der Waals surface area (Å²) in [6.07, 6.45) is 0.684. The van der Waals surface area contributed by atoms with E-state index in [1.807, 2.05) is 19.9 Å². The van der Waals surface area contributed by atoms with E-state index in [0.29, 0.717) is 13.0 Å². The van der Waals surface area contributed by atoms with Gasteiger partial charge in [0.05, 0.1) is 12.8 Å². The molecule has 1 N–H and O–H groups in total. The van der Waals surface area contributed by atoms with Gasteiger partial charge in [0.2, 0.25) is 0 Å². The summed E-state index contributed by atoms with van der Waals surface area (Å²) < 4.78 is 9.56. The van der Waals surface area contributed by atoms with E-state index in [1.54, 1.807) is 0 Å². The number of carbonyl (C=O) groups excluding carboxylic acids is 1. The third-order valence-electron chi connectivity index (χ3n) is 2.10. The number of nitrogens with one attached hydrogen (secondary N) is 1. The fraction of sp³-hybridized carbons (Fsp3) is 0.600. The van der Waals surface area contributed by atoms with Crippen molar-refractivity contribution in [3.05, 3.63) is 17.5 Å². The Morgan fingerprint density at radius 2 is 2.47 bits per heavy atom. The minimum Gasteiger partial charge on any atom is -0.468 e. The van der Waals surface area contributed by atoms with Crippen LogP contribution in [0.5, 0.6) is 0 Å². The van der Waals surface area contributed by atoms with Crippen molar-refractivity contribution < 1.29 is 14.1 Å². The van der Waals surface area contributed by atoms with Gasteiger partial charge in [0.25, 0.3) is 0 Å². The molecule has 5 nitrogen and oxygen atoms in total. The standard InChI is InChI=1S/C10H16N2O3/c1-4-9(10(13)14-3)11-6-8-5-7(2)15-12-8/h5,9,11H,4,6H2,1-3H3. The summed E-state index contributed by atoms with van der Waals surface area (Å²) in [4.78, 5) is 11.2. The van der Waals surface area contributed by atoms with Gasteiger partial charge in [-0.25, -0.2) is 0 Å². The summed E-state index contributed by atoms with van der Waals surface area (Å²) in [5, 5.41) is 6.87. The van der Waals surface area contributed by atoms with Crippen molar-refractivity contribution in [2.75, 3.05) is 7.11 Å². The molecule has 0 amide bonds. The normalized spacial score (nSPS) is 12.5. The fourth-order valence-corrected chi connectivity index (χ4v) is 1.27. The number of hydrogen-bond donors (Lipinski definition) is 1. The molecule has 0 aliphatic carbocycles. The molecule has 1 aromatic heterocycles. The number of aromatic nitrogens is 1. The molecular formula is C10H16N2O3. The first-order valence-electron chi connectivity index (χ1n) is 4.90. The lowest BCUT2D eigenvalue weighted by atomic mass is 10.2. The van der Waals surface area contributed by atoms with Crippen molar-refractivity contribution in [1.82, 2.24) is 10.5 Å². The first-order chi connectivity index (χ1) is 7.17. The molecule has 0 aromatic carbocycles. The predicted molar refractivity (Wildman–Crippen MR) is 54.2 cm³/mol. The number of ether oxygens (including phenoxy) is 1. The SMILES string of the molecule is CCC(NCc1cc(C)on1)C(=O)OC. The van der Waals surface area contributed by atoms with Gasteiger partial charge in [-0.2, -0.15) is 0 Å². The van der Waals surface area contributed by atoms with Crippen LogP contribution in [0.15, 0.2) is 10.6 Å². The number of hydrogen-bond acceptors (Lipinski definition) is 5. The van der Waals surface area contributed by atoms with Gasteiger partial charge in [0.15, 0.2) is 0 Å². The zero-order chi connectivity index (χ0) is 11.3. The average Bonchev–Trinajstić information content (AvgIpc) is 2.64. The maximum absolute atomic E-state index is 11.2. The number of carbonyl (C=O) groups is 1. The van der Waals surface area contributed by atoms with Crippen molar-refractivity contribution in [3.8, 4) is 0 Å². The van der Waals surface area contributed by atoms with Crippen LogP contribution >= 0.6 is 0 Å². The van der Waals surface area contributed by atoms with Gasteiger partial charge in [0.1, 0.15) is 11.8 Å². The van der Waals surface area contributed by atoms with E-state index in [2.05, 4.69) is 15.2 Å². The zero-order valence-corrected chi connectivity index (χ0v) is 9.24. The number of methoxy groups -OCH3 is 1. The Labute approximate surface area is 88.8 Å². The molecule has 1 heterocycles. The summed E-state index contributed by atoms with van der Waals surface area (Å²) in [6, 6.07) is 1.55. The summed E-state index contributed by atoms with van der Waals surface area (Å²) in [5.41, 5.74) is 0.787. The van der Waals surface area contributed by atoms with E-state index >= 15 is 0 Å². The molecule has 0 aliphatic rings. The van der Waals surface area contributed by atoms with Gasteiger partial charge in [-0.1, -0.05) is 12.1 Å². The molecule has 0 saturated heterocycles. The summed E-state index contributed by atoms with van der Waals surface area (Å²) in [5.74, 6) is 0.510. The fourth-order valence-electron chi connectivity index (χ4n) is 1.27. The lowest BCUT2D eigenvalue weighted by Gasteiger charge is -2.12. The average molecular weight is 212 g/mol. The van der Waals surface area contributed by atoms with Crippen LogP contribution in [0.1, 0.15) is 24.8 Å². The molecule has 0 aliphatic heterocycles. The molecule has 0 fully saturated rings. The summed E-state index contributed by atoms with van der Waals surface area (Å²) in [6.45, 7) is 4.25.